The van der Waals surface area contributed by atoms with Gasteiger partial charge in [-0.3, -0.25) is 9.59 Å². The van der Waals surface area contributed by atoms with Gasteiger partial charge < -0.3 is 14.6 Å². The van der Waals surface area contributed by atoms with Crippen molar-refractivity contribution in [3.63, 3.8) is 0 Å². The molecule has 2 aliphatic carbocycles. The fourth-order valence-electron chi connectivity index (χ4n) is 3.65. The molecular formula is C14H20O5. The van der Waals surface area contributed by atoms with Gasteiger partial charge in [0.25, 0.3) is 0 Å². The lowest BCUT2D eigenvalue weighted by Crippen LogP contribution is -2.41. The molecule has 1 N–H and O–H groups in total. The average molecular weight is 268 g/mol. The zero-order valence-corrected chi connectivity index (χ0v) is 11.3. The summed E-state index contributed by atoms with van der Waals surface area (Å²) in [6, 6.07) is 0. The Balaban J connectivity index is 1.72. The standard InChI is InChI=1S/C14H20O5/c1-3-14(2,6-15)13(17)19-10-7-4-8-9(5-7)12(16)18-11(8)10/h7-11,15H,3-6H2,1-2H3. The zero-order chi connectivity index (χ0) is 13.8. The highest BCUT2D eigenvalue weighted by atomic mass is 16.6. The van der Waals surface area contributed by atoms with Crippen molar-refractivity contribution in [2.45, 2.75) is 45.3 Å². The highest BCUT2D eigenvalue weighted by Crippen LogP contribution is 2.55. The van der Waals surface area contributed by atoms with E-state index in [1.54, 1.807) is 6.92 Å². The zero-order valence-electron chi connectivity index (χ0n) is 11.3. The van der Waals surface area contributed by atoms with Crippen molar-refractivity contribution in [3.05, 3.63) is 0 Å². The maximum Gasteiger partial charge on any atom is 0.314 e. The molecule has 0 aromatic carbocycles. The molecule has 2 saturated carbocycles. The Morgan fingerprint density at radius 2 is 2.26 bits per heavy atom. The van der Waals surface area contributed by atoms with E-state index in [0.29, 0.717) is 6.42 Å². The largest absolute Gasteiger partial charge is 0.458 e. The molecule has 0 aromatic rings. The van der Waals surface area contributed by atoms with E-state index in [4.69, 9.17) is 9.47 Å². The summed E-state index contributed by atoms with van der Waals surface area (Å²) >= 11 is 0. The van der Waals surface area contributed by atoms with Gasteiger partial charge in [-0.15, -0.1) is 0 Å². The molecular weight excluding hydrogens is 248 g/mol. The minimum absolute atomic E-state index is 0.0281. The normalized spacial score (nSPS) is 42.1. The summed E-state index contributed by atoms with van der Waals surface area (Å²) in [4.78, 5) is 23.8. The average Bonchev–Trinajstić information content (AvgIpc) is 3.02. The van der Waals surface area contributed by atoms with E-state index in [1.165, 1.54) is 0 Å². The third-order valence-corrected chi connectivity index (χ3v) is 5.28. The minimum atomic E-state index is -0.857. The third kappa shape index (κ3) is 1.71. The summed E-state index contributed by atoms with van der Waals surface area (Å²) in [5.41, 5.74) is -0.857. The second kappa shape index (κ2) is 4.20. The summed E-state index contributed by atoms with van der Waals surface area (Å²) in [5, 5.41) is 9.35. The molecule has 5 nitrogen and oxygen atoms in total. The van der Waals surface area contributed by atoms with Crippen LogP contribution >= 0.6 is 0 Å². The molecule has 1 saturated heterocycles. The number of ether oxygens (including phenoxy) is 2. The van der Waals surface area contributed by atoms with Crippen molar-refractivity contribution in [1.82, 2.24) is 0 Å². The fourth-order valence-corrected chi connectivity index (χ4v) is 3.65. The van der Waals surface area contributed by atoms with Gasteiger partial charge >= 0.3 is 11.9 Å². The van der Waals surface area contributed by atoms with Crippen molar-refractivity contribution in [2.75, 3.05) is 6.61 Å². The van der Waals surface area contributed by atoms with Gasteiger partial charge in [-0.2, -0.15) is 0 Å². The van der Waals surface area contributed by atoms with Gasteiger partial charge in [0.2, 0.25) is 0 Å². The molecule has 5 heteroatoms. The smallest absolute Gasteiger partial charge is 0.314 e. The number of aliphatic hydroxyl groups excluding tert-OH is 1. The summed E-state index contributed by atoms with van der Waals surface area (Å²) in [6.45, 7) is 3.33. The monoisotopic (exact) mass is 268 g/mol. The van der Waals surface area contributed by atoms with Gasteiger partial charge in [-0.25, -0.2) is 0 Å². The first kappa shape index (κ1) is 12.9. The van der Waals surface area contributed by atoms with Crippen LogP contribution in [-0.2, 0) is 19.1 Å². The molecule has 106 valence electrons. The van der Waals surface area contributed by atoms with Crippen LogP contribution in [0.4, 0.5) is 0 Å². The van der Waals surface area contributed by atoms with Crippen molar-refractivity contribution >= 4 is 11.9 Å². The second-order valence-corrected chi connectivity index (χ2v) is 6.35. The highest BCUT2D eigenvalue weighted by molar-refractivity contribution is 5.78. The molecule has 3 rings (SSSR count). The quantitative estimate of drug-likeness (QED) is 0.766. The Kier molecular flexibility index (Phi) is 2.85. The van der Waals surface area contributed by atoms with Gasteiger partial charge in [0.1, 0.15) is 12.2 Å². The van der Waals surface area contributed by atoms with E-state index in [0.717, 1.165) is 12.8 Å². The van der Waals surface area contributed by atoms with Crippen LogP contribution in [0.5, 0.6) is 0 Å². The molecule has 1 aliphatic heterocycles. The van der Waals surface area contributed by atoms with Crippen LogP contribution in [0.15, 0.2) is 0 Å². The second-order valence-electron chi connectivity index (χ2n) is 6.35. The lowest BCUT2D eigenvalue weighted by Gasteiger charge is -2.30. The number of hydrogen-bond acceptors (Lipinski definition) is 5. The maximum atomic E-state index is 12.2. The molecule has 0 aromatic heterocycles. The van der Waals surface area contributed by atoms with Gasteiger partial charge in [0.15, 0.2) is 0 Å². The topological polar surface area (TPSA) is 72.8 Å². The number of esters is 2. The number of carbonyl (C=O) groups excluding carboxylic acids is 2. The third-order valence-electron chi connectivity index (χ3n) is 5.28. The Labute approximate surface area is 112 Å². The van der Waals surface area contributed by atoms with Crippen LogP contribution in [0.2, 0.25) is 0 Å². The predicted octanol–water partition coefficient (Wildman–Crippen LogP) is 0.888. The van der Waals surface area contributed by atoms with Crippen LogP contribution in [0.1, 0.15) is 33.1 Å². The molecule has 0 amide bonds. The molecule has 0 radical (unpaired) electrons. The number of fused-ring (bicyclic) bond motifs is 1. The fraction of sp³-hybridized carbons (Fsp3) is 0.857. The van der Waals surface area contributed by atoms with E-state index in [9.17, 15) is 14.7 Å². The number of aliphatic hydroxyl groups is 1. The van der Waals surface area contributed by atoms with Crippen LogP contribution in [0.3, 0.4) is 0 Å². The van der Waals surface area contributed by atoms with E-state index in [1.807, 2.05) is 6.92 Å². The summed E-state index contributed by atoms with van der Waals surface area (Å²) in [7, 11) is 0. The SMILES string of the molecule is CCC(C)(CO)C(=O)OC1C2CC3C(=O)OC1C3C2. The van der Waals surface area contributed by atoms with E-state index < -0.39 is 5.41 Å². The molecule has 6 unspecified atom stereocenters. The van der Waals surface area contributed by atoms with Crippen molar-refractivity contribution in [1.29, 1.82) is 0 Å². The molecule has 0 spiro atoms. The highest BCUT2D eigenvalue weighted by Gasteiger charge is 2.63. The van der Waals surface area contributed by atoms with Crippen LogP contribution in [0, 0.1) is 23.2 Å². The van der Waals surface area contributed by atoms with Gasteiger partial charge in [-0.05, 0) is 26.2 Å². The van der Waals surface area contributed by atoms with Gasteiger partial charge in [-0.1, -0.05) is 6.92 Å². The molecule has 1 heterocycles. The van der Waals surface area contributed by atoms with E-state index in [-0.39, 0.29) is 48.5 Å². The van der Waals surface area contributed by atoms with E-state index in [2.05, 4.69) is 0 Å². The Bertz CT molecular complexity index is 414. The number of carbonyl (C=O) groups is 2. The Hall–Kier alpha value is -1.10. The Morgan fingerprint density at radius 1 is 1.53 bits per heavy atom. The molecule has 2 bridgehead atoms. The molecule has 6 atom stereocenters. The minimum Gasteiger partial charge on any atom is -0.458 e. The summed E-state index contributed by atoms with van der Waals surface area (Å²) < 4.78 is 10.9. The molecule has 19 heavy (non-hydrogen) atoms. The van der Waals surface area contributed by atoms with Gasteiger partial charge in [0.05, 0.1) is 17.9 Å². The van der Waals surface area contributed by atoms with Crippen LogP contribution in [0.25, 0.3) is 0 Å². The lowest BCUT2D eigenvalue weighted by atomic mass is 9.86. The number of rotatable bonds is 4. The van der Waals surface area contributed by atoms with Crippen molar-refractivity contribution in [2.24, 2.45) is 23.2 Å². The van der Waals surface area contributed by atoms with Crippen LogP contribution < -0.4 is 0 Å². The van der Waals surface area contributed by atoms with Crippen molar-refractivity contribution < 1.29 is 24.2 Å². The van der Waals surface area contributed by atoms with Crippen molar-refractivity contribution in [3.8, 4) is 0 Å². The maximum absolute atomic E-state index is 12.2. The summed E-state index contributed by atoms with van der Waals surface area (Å²) in [6.07, 6.45) is 1.66. The lowest BCUT2D eigenvalue weighted by molar-refractivity contribution is -0.173. The van der Waals surface area contributed by atoms with Crippen LogP contribution in [-0.4, -0.2) is 35.9 Å². The molecule has 3 fully saturated rings. The first-order valence-electron chi connectivity index (χ1n) is 7.02. The first-order valence-corrected chi connectivity index (χ1v) is 7.02. The summed E-state index contributed by atoms with van der Waals surface area (Å²) in [5.74, 6) is -0.00105. The molecule has 3 aliphatic rings. The first-order chi connectivity index (χ1) is 9.00. The predicted molar refractivity (Wildman–Crippen MR) is 64.9 cm³/mol. The van der Waals surface area contributed by atoms with Gasteiger partial charge in [0, 0.05) is 11.8 Å². The van der Waals surface area contributed by atoms with E-state index >= 15 is 0 Å². The number of hydrogen-bond donors (Lipinski definition) is 1. The Morgan fingerprint density at radius 3 is 2.89 bits per heavy atom.